The molecule has 0 aliphatic rings. The van der Waals surface area contributed by atoms with E-state index in [9.17, 15) is 9.90 Å². The van der Waals surface area contributed by atoms with Gasteiger partial charge in [-0.3, -0.25) is 4.79 Å². The first-order chi connectivity index (χ1) is 9.75. The van der Waals surface area contributed by atoms with Gasteiger partial charge in [-0.05, 0) is 17.5 Å². The number of carboxylic acid groups (broad SMARTS) is 1. The van der Waals surface area contributed by atoms with Crippen LogP contribution in [-0.4, -0.2) is 17.6 Å². The van der Waals surface area contributed by atoms with E-state index in [4.69, 9.17) is 0 Å². The molecular weight excluding hydrogens is 250 g/mol. The van der Waals surface area contributed by atoms with Crippen molar-refractivity contribution in [3.63, 3.8) is 0 Å². The molecule has 1 atom stereocenters. The number of nitrogens with one attached hydrogen (secondary N) is 1. The zero-order valence-electron chi connectivity index (χ0n) is 11.3. The summed E-state index contributed by atoms with van der Waals surface area (Å²) in [6, 6.07) is 19.7. The summed E-state index contributed by atoms with van der Waals surface area (Å²) in [5.41, 5.74) is 2.22. The van der Waals surface area contributed by atoms with Gasteiger partial charge in [0.15, 0.2) is 0 Å². The third kappa shape index (κ3) is 4.52. The molecule has 0 aliphatic carbocycles. The van der Waals surface area contributed by atoms with Crippen LogP contribution in [0.15, 0.2) is 60.7 Å². The van der Waals surface area contributed by atoms with Gasteiger partial charge in [-0.2, -0.15) is 0 Å². The van der Waals surface area contributed by atoms with Crippen LogP contribution in [0.25, 0.3) is 0 Å². The molecule has 2 rings (SSSR count). The Hall–Kier alpha value is -2.13. The van der Waals surface area contributed by atoms with Crippen LogP contribution in [-0.2, 0) is 17.8 Å². The Morgan fingerprint density at radius 2 is 1.50 bits per heavy atom. The molecule has 0 heterocycles. The third-order valence-corrected chi connectivity index (χ3v) is 3.24. The van der Waals surface area contributed by atoms with Crippen LogP contribution >= 0.6 is 0 Å². The van der Waals surface area contributed by atoms with E-state index < -0.39 is 11.9 Å². The lowest BCUT2D eigenvalue weighted by Crippen LogP contribution is -2.29. The van der Waals surface area contributed by atoms with Crippen molar-refractivity contribution in [3.8, 4) is 0 Å². The largest absolute Gasteiger partial charge is 0.481 e. The predicted molar refractivity (Wildman–Crippen MR) is 79.4 cm³/mol. The van der Waals surface area contributed by atoms with Crippen LogP contribution in [0, 0.1) is 5.92 Å². The van der Waals surface area contributed by atoms with Crippen molar-refractivity contribution < 1.29 is 9.90 Å². The number of rotatable bonds is 7. The smallest absolute Gasteiger partial charge is 0.308 e. The van der Waals surface area contributed by atoms with Gasteiger partial charge in [0.1, 0.15) is 0 Å². The van der Waals surface area contributed by atoms with Crippen molar-refractivity contribution in [2.45, 2.75) is 13.0 Å². The van der Waals surface area contributed by atoms with E-state index >= 15 is 0 Å². The first-order valence-electron chi connectivity index (χ1n) is 6.77. The molecule has 2 aromatic rings. The van der Waals surface area contributed by atoms with Crippen molar-refractivity contribution in [1.29, 1.82) is 0 Å². The van der Waals surface area contributed by atoms with E-state index in [0.717, 1.165) is 11.1 Å². The van der Waals surface area contributed by atoms with E-state index in [1.54, 1.807) is 0 Å². The van der Waals surface area contributed by atoms with Gasteiger partial charge < -0.3 is 10.4 Å². The molecule has 3 nitrogen and oxygen atoms in total. The first-order valence-corrected chi connectivity index (χ1v) is 6.77. The Labute approximate surface area is 119 Å². The van der Waals surface area contributed by atoms with Crippen LogP contribution in [0.4, 0.5) is 0 Å². The van der Waals surface area contributed by atoms with Crippen molar-refractivity contribution in [3.05, 3.63) is 71.8 Å². The van der Waals surface area contributed by atoms with Crippen LogP contribution < -0.4 is 5.32 Å². The fraction of sp³-hybridized carbons (Fsp3) is 0.235. The Kier molecular flexibility index (Phi) is 5.33. The second kappa shape index (κ2) is 7.46. The Bertz CT molecular complexity index is 525. The molecule has 0 aliphatic heterocycles. The summed E-state index contributed by atoms with van der Waals surface area (Å²) in [7, 11) is 0. The summed E-state index contributed by atoms with van der Waals surface area (Å²) < 4.78 is 0. The monoisotopic (exact) mass is 269 g/mol. The van der Waals surface area contributed by atoms with Gasteiger partial charge in [-0.1, -0.05) is 60.7 Å². The highest BCUT2D eigenvalue weighted by Gasteiger charge is 2.17. The highest BCUT2D eigenvalue weighted by Crippen LogP contribution is 2.09. The number of carboxylic acids is 1. The normalized spacial score (nSPS) is 12.0. The molecule has 0 spiro atoms. The van der Waals surface area contributed by atoms with Crippen molar-refractivity contribution in [1.82, 2.24) is 5.32 Å². The molecule has 0 saturated carbocycles. The number of aliphatic carboxylic acids is 1. The standard InChI is InChI=1S/C17H19NO2/c19-17(20)16(11-14-7-3-1-4-8-14)13-18-12-15-9-5-2-6-10-15/h1-10,16,18H,11-13H2,(H,19,20)/t16-/m1/s1. The van der Waals surface area contributed by atoms with E-state index in [-0.39, 0.29) is 0 Å². The molecule has 3 heteroatoms. The summed E-state index contributed by atoms with van der Waals surface area (Å²) in [4.78, 5) is 11.3. The average Bonchev–Trinajstić information content (AvgIpc) is 2.48. The second-order valence-corrected chi connectivity index (χ2v) is 4.84. The average molecular weight is 269 g/mol. The lowest BCUT2D eigenvalue weighted by molar-refractivity contribution is -0.141. The summed E-state index contributed by atoms with van der Waals surface area (Å²) in [5, 5.41) is 12.5. The molecule has 0 amide bonds. The van der Waals surface area contributed by atoms with Crippen molar-refractivity contribution in [2.24, 2.45) is 5.92 Å². The molecule has 0 saturated heterocycles. The highest BCUT2D eigenvalue weighted by atomic mass is 16.4. The van der Waals surface area contributed by atoms with Crippen LogP contribution in [0.5, 0.6) is 0 Å². The van der Waals surface area contributed by atoms with Gasteiger partial charge in [-0.15, -0.1) is 0 Å². The third-order valence-electron chi connectivity index (χ3n) is 3.24. The van der Waals surface area contributed by atoms with E-state index in [2.05, 4.69) is 5.32 Å². The van der Waals surface area contributed by atoms with Gasteiger partial charge >= 0.3 is 5.97 Å². The number of carbonyl (C=O) groups is 1. The number of hydrogen-bond donors (Lipinski definition) is 2. The fourth-order valence-electron chi connectivity index (χ4n) is 2.13. The fourth-order valence-corrected chi connectivity index (χ4v) is 2.13. The predicted octanol–water partition coefficient (Wildman–Crippen LogP) is 2.72. The van der Waals surface area contributed by atoms with Gasteiger partial charge in [0.25, 0.3) is 0 Å². The topological polar surface area (TPSA) is 49.3 Å². The molecule has 0 radical (unpaired) electrons. The van der Waals surface area contributed by atoms with E-state index in [1.165, 1.54) is 0 Å². The number of hydrogen-bond acceptors (Lipinski definition) is 2. The maximum Gasteiger partial charge on any atom is 0.308 e. The minimum Gasteiger partial charge on any atom is -0.481 e. The number of benzene rings is 2. The molecule has 0 aromatic heterocycles. The maximum absolute atomic E-state index is 11.3. The highest BCUT2D eigenvalue weighted by molar-refractivity contribution is 5.70. The molecule has 20 heavy (non-hydrogen) atoms. The van der Waals surface area contributed by atoms with Crippen LogP contribution in [0.1, 0.15) is 11.1 Å². The molecule has 2 aromatic carbocycles. The van der Waals surface area contributed by atoms with Crippen molar-refractivity contribution >= 4 is 5.97 Å². The van der Waals surface area contributed by atoms with Gasteiger partial charge in [0.2, 0.25) is 0 Å². The minimum absolute atomic E-state index is 0.402. The molecule has 0 bridgehead atoms. The van der Waals surface area contributed by atoms with Gasteiger partial charge in [-0.25, -0.2) is 0 Å². The van der Waals surface area contributed by atoms with Crippen molar-refractivity contribution in [2.75, 3.05) is 6.54 Å². The lowest BCUT2D eigenvalue weighted by atomic mass is 9.99. The molecule has 0 unspecified atom stereocenters. The summed E-state index contributed by atoms with van der Waals surface area (Å²) in [6.45, 7) is 1.17. The van der Waals surface area contributed by atoms with E-state index in [1.807, 2.05) is 60.7 Å². The SMILES string of the molecule is O=C(O)[C@@H](CNCc1ccccc1)Cc1ccccc1. The van der Waals surface area contributed by atoms with Crippen LogP contribution in [0.2, 0.25) is 0 Å². The van der Waals surface area contributed by atoms with Crippen LogP contribution in [0.3, 0.4) is 0 Å². The van der Waals surface area contributed by atoms with Gasteiger partial charge in [0.05, 0.1) is 5.92 Å². The zero-order valence-corrected chi connectivity index (χ0v) is 11.3. The molecule has 2 N–H and O–H groups in total. The maximum atomic E-state index is 11.3. The summed E-state index contributed by atoms with van der Waals surface area (Å²) in [6.07, 6.45) is 0.554. The van der Waals surface area contributed by atoms with E-state index in [0.29, 0.717) is 19.5 Å². The lowest BCUT2D eigenvalue weighted by Gasteiger charge is -2.13. The summed E-state index contributed by atoms with van der Waals surface area (Å²) >= 11 is 0. The molecule has 0 fully saturated rings. The first kappa shape index (κ1) is 14.3. The Morgan fingerprint density at radius 3 is 2.05 bits per heavy atom. The Morgan fingerprint density at radius 1 is 0.950 bits per heavy atom. The quantitative estimate of drug-likeness (QED) is 0.812. The van der Waals surface area contributed by atoms with Gasteiger partial charge in [0, 0.05) is 13.1 Å². The Balaban J connectivity index is 1.85. The molecule has 104 valence electrons. The minimum atomic E-state index is -0.755. The molecular formula is C17H19NO2. The second-order valence-electron chi connectivity index (χ2n) is 4.84. The summed E-state index contributed by atoms with van der Waals surface area (Å²) in [5.74, 6) is -1.16. The zero-order chi connectivity index (χ0) is 14.2.